The first-order valence-corrected chi connectivity index (χ1v) is 5.64. The van der Waals surface area contributed by atoms with Crippen molar-refractivity contribution in [2.45, 2.75) is 18.2 Å². The minimum absolute atomic E-state index is 0.0502. The average molecular weight is 293 g/mol. The van der Waals surface area contributed by atoms with Crippen LogP contribution >= 0.6 is 15.9 Å². The highest BCUT2D eigenvalue weighted by atomic mass is 79.9. The second-order valence-electron chi connectivity index (χ2n) is 3.21. The summed E-state index contributed by atoms with van der Waals surface area (Å²) in [6, 6.07) is 1.98. The van der Waals surface area contributed by atoms with Crippen LogP contribution in [0.15, 0.2) is 12.1 Å². The van der Waals surface area contributed by atoms with Crippen LogP contribution in [0.3, 0.4) is 0 Å². The minimum Gasteiger partial charge on any atom is -0.497 e. The molecule has 0 aliphatic heterocycles. The molecule has 1 rings (SSSR count). The summed E-state index contributed by atoms with van der Waals surface area (Å²) < 4.78 is 31.7. The molecule has 0 amide bonds. The minimum atomic E-state index is -0.903. The molecule has 1 unspecified atom stereocenters. The number of benzene rings is 1. The number of carbonyl (C=O) groups is 1. The molecule has 0 aliphatic carbocycles. The predicted molar refractivity (Wildman–Crippen MR) is 60.2 cm³/mol. The van der Waals surface area contributed by atoms with Gasteiger partial charge in [0.15, 0.2) is 5.78 Å². The van der Waals surface area contributed by atoms with Gasteiger partial charge in [0.1, 0.15) is 17.4 Å². The van der Waals surface area contributed by atoms with Gasteiger partial charge < -0.3 is 4.74 Å². The molecule has 1 aromatic carbocycles. The molecule has 16 heavy (non-hydrogen) atoms. The first kappa shape index (κ1) is 13.1. The van der Waals surface area contributed by atoms with Crippen LogP contribution in [0.2, 0.25) is 0 Å². The second-order valence-corrected chi connectivity index (χ2v) is 4.31. The van der Waals surface area contributed by atoms with E-state index in [1.54, 1.807) is 6.92 Å². The van der Waals surface area contributed by atoms with Crippen LogP contribution in [-0.2, 0) is 0 Å². The van der Waals surface area contributed by atoms with Crippen molar-refractivity contribution in [2.75, 3.05) is 7.11 Å². The largest absolute Gasteiger partial charge is 0.497 e. The number of hydrogen-bond donors (Lipinski definition) is 0. The number of alkyl halides is 1. The van der Waals surface area contributed by atoms with Gasteiger partial charge in [0.25, 0.3) is 0 Å². The molecule has 1 aromatic rings. The number of rotatable bonds is 4. The van der Waals surface area contributed by atoms with E-state index in [1.165, 1.54) is 7.11 Å². The van der Waals surface area contributed by atoms with Gasteiger partial charge in [-0.1, -0.05) is 22.9 Å². The van der Waals surface area contributed by atoms with Gasteiger partial charge in [0.2, 0.25) is 0 Å². The van der Waals surface area contributed by atoms with Gasteiger partial charge in [0.05, 0.1) is 17.5 Å². The molecule has 0 aromatic heterocycles. The van der Waals surface area contributed by atoms with Crippen LogP contribution in [0.4, 0.5) is 8.78 Å². The average Bonchev–Trinajstić information content (AvgIpc) is 2.26. The smallest absolute Gasteiger partial charge is 0.182 e. The van der Waals surface area contributed by atoms with E-state index in [0.29, 0.717) is 6.42 Å². The van der Waals surface area contributed by atoms with E-state index in [2.05, 4.69) is 15.9 Å². The van der Waals surface area contributed by atoms with Gasteiger partial charge >= 0.3 is 0 Å². The Morgan fingerprint density at radius 1 is 1.44 bits per heavy atom. The molecule has 0 bridgehead atoms. The molecule has 0 spiro atoms. The Hall–Kier alpha value is -0.970. The number of carbonyl (C=O) groups excluding carboxylic acids is 1. The summed E-state index contributed by atoms with van der Waals surface area (Å²) in [4.78, 5) is 11.1. The Morgan fingerprint density at radius 3 is 2.31 bits per heavy atom. The number of methoxy groups -OCH3 is 1. The summed E-state index contributed by atoms with van der Waals surface area (Å²) in [7, 11) is 1.30. The summed E-state index contributed by atoms with van der Waals surface area (Å²) in [5, 5.41) is 0. The summed E-state index contributed by atoms with van der Waals surface area (Å²) in [5.41, 5.74) is -0.524. The van der Waals surface area contributed by atoms with E-state index in [-0.39, 0.29) is 5.75 Å². The van der Waals surface area contributed by atoms with Gasteiger partial charge in [-0.3, -0.25) is 4.79 Å². The fourth-order valence-corrected chi connectivity index (χ4v) is 1.47. The maximum atomic E-state index is 13.5. The van der Waals surface area contributed by atoms with Crippen molar-refractivity contribution in [2.24, 2.45) is 0 Å². The van der Waals surface area contributed by atoms with Crippen molar-refractivity contribution in [3.63, 3.8) is 0 Å². The Balaban J connectivity index is 3.19. The third-order valence-electron chi connectivity index (χ3n) is 2.14. The SMILES string of the molecule is CCC(Br)C(=O)c1c(F)cc(OC)cc1F. The van der Waals surface area contributed by atoms with Crippen molar-refractivity contribution in [3.05, 3.63) is 29.3 Å². The van der Waals surface area contributed by atoms with Crippen molar-refractivity contribution < 1.29 is 18.3 Å². The lowest BCUT2D eigenvalue weighted by molar-refractivity contribution is 0.0982. The van der Waals surface area contributed by atoms with Crippen LogP contribution in [0.1, 0.15) is 23.7 Å². The van der Waals surface area contributed by atoms with Crippen molar-refractivity contribution in [1.29, 1.82) is 0 Å². The lowest BCUT2D eigenvalue weighted by atomic mass is 10.1. The molecule has 0 fully saturated rings. The second kappa shape index (κ2) is 5.39. The number of halogens is 3. The first-order valence-electron chi connectivity index (χ1n) is 4.72. The highest BCUT2D eigenvalue weighted by molar-refractivity contribution is 9.10. The highest BCUT2D eigenvalue weighted by Crippen LogP contribution is 2.23. The first-order chi connectivity index (χ1) is 7.51. The maximum absolute atomic E-state index is 13.5. The summed E-state index contributed by atoms with van der Waals surface area (Å²) >= 11 is 3.07. The fraction of sp³-hybridized carbons (Fsp3) is 0.364. The topological polar surface area (TPSA) is 26.3 Å². The van der Waals surface area contributed by atoms with Gasteiger partial charge in [-0.25, -0.2) is 8.78 Å². The molecule has 0 saturated carbocycles. The number of Topliss-reactive ketones (excluding diaryl/α,β-unsaturated/α-hetero) is 1. The zero-order valence-electron chi connectivity index (χ0n) is 8.89. The van der Waals surface area contributed by atoms with E-state index in [9.17, 15) is 13.6 Å². The number of ether oxygens (including phenoxy) is 1. The molecular formula is C11H11BrF2O2. The van der Waals surface area contributed by atoms with Gasteiger partial charge in [-0.2, -0.15) is 0 Å². The van der Waals surface area contributed by atoms with Crippen LogP contribution < -0.4 is 4.74 Å². The molecule has 0 aliphatic rings. The van der Waals surface area contributed by atoms with Gasteiger partial charge in [-0.05, 0) is 6.42 Å². The summed E-state index contributed by atoms with van der Waals surface area (Å²) in [5.74, 6) is -2.35. The van der Waals surface area contributed by atoms with Gasteiger partial charge in [-0.15, -0.1) is 0 Å². The van der Waals surface area contributed by atoms with Crippen LogP contribution in [0, 0.1) is 11.6 Å². The quantitative estimate of drug-likeness (QED) is 0.628. The Bertz CT molecular complexity index is 384. The zero-order valence-corrected chi connectivity index (χ0v) is 10.5. The van der Waals surface area contributed by atoms with E-state index < -0.39 is 27.8 Å². The molecule has 88 valence electrons. The molecule has 2 nitrogen and oxygen atoms in total. The molecule has 0 saturated heterocycles. The van der Waals surface area contributed by atoms with E-state index in [4.69, 9.17) is 4.74 Å². The van der Waals surface area contributed by atoms with Crippen molar-refractivity contribution in [1.82, 2.24) is 0 Å². The van der Waals surface area contributed by atoms with Gasteiger partial charge in [0, 0.05) is 12.1 Å². The number of hydrogen-bond acceptors (Lipinski definition) is 2. The summed E-state index contributed by atoms with van der Waals surface area (Å²) in [6.07, 6.45) is 0.462. The van der Waals surface area contributed by atoms with Crippen molar-refractivity contribution >= 4 is 21.7 Å². The Kier molecular flexibility index (Phi) is 4.41. The normalized spacial score (nSPS) is 12.3. The third kappa shape index (κ3) is 2.58. The monoisotopic (exact) mass is 292 g/mol. The van der Waals surface area contributed by atoms with Crippen LogP contribution in [0.5, 0.6) is 5.75 Å². The Morgan fingerprint density at radius 2 is 1.94 bits per heavy atom. The predicted octanol–water partition coefficient (Wildman–Crippen LogP) is 3.33. The van der Waals surface area contributed by atoms with Crippen molar-refractivity contribution in [3.8, 4) is 5.75 Å². The maximum Gasteiger partial charge on any atom is 0.182 e. The van der Waals surface area contributed by atoms with E-state index in [1.807, 2.05) is 0 Å². The number of ketones is 1. The molecule has 0 heterocycles. The fourth-order valence-electron chi connectivity index (χ4n) is 1.25. The lowest BCUT2D eigenvalue weighted by Gasteiger charge is -2.09. The third-order valence-corrected chi connectivity index (χ3v) is 3.20. The van der Waals surface area contributed by atoms with Crippen LogP contribution in [0.25, 0.3) is 0 Å². The lowest BCUT2D eigenvalue weighted by Crippen LogP contribution is -2.16. The molecule has 5 heteroatoms. The molecule has 0 N–H and O–H groups in total. The Labute approximate surface area is 101 Å². The van der Waals surface area contributed by atoms with E-state index in [0.717, 1.165) is 12.1 Å². The zero-order chi connectivity index (χ0) is 12.3. The van der Waals surface area contributed by atoms with Crippen LogP contribution in [-0.4, -0.2) is 17.7 Å². The molecule has 1 atom stereocenters. The standard InChI is InChI=1S/C11H11BrF2O2/c1-3-7(12)11(15)10-8(13)4-6(16-2)5-9(10)14/h4-5,7H,3H2,1-2H3. The summed E-state index contributed by atoms with van der Waals surface area (Å²) in [6.45, 7) is 1.75. The molecular weight excluding hydrogens is 282 g/mol. The van der Waals surface area contributed by atoms with E-state index >= 15 is 0 Å². The molecule has 0 radical (unpaired) electrons. The highest BCUT2D eigenvalue weighted by Gasteiger charge is 2.23.